The Morgan fingerprint density at radius 1 is 1.21 bits per heavy atom. The van der Waals surface area contributed by atoms with Gasteiger partial charge in [0, 0.05) is 5.69 Å². The third-order valence-corrected chi connectivity index (χ3v) is 4.09. The summed E-state index contributed by atoms with van der Waals surface area (Å²) in [7, 11) is 0. The fourth-order valence-corrected chi connectivity index (χ4v) is 2.98. The molecule has 2 aromatic carbocycles. The summed E-state index contributed by atoms with van der Waals surface area (Å²) in [5.74, 6) is -0.144. The van der Waals surface area contributed by atoms with Crippen molar-refractivity contribution in [3.8, 4) is 0 Å². The summed E-state index contributed by atoms with van der Waals surface area (Å²) in [6.45, 7) is 3.98. The Morgan fingerprint density at radius 3 is 2.75 bits per heavy atom. The number of anilines is 3. The van der Waals surface area contributed by atoms with Crippen molar-refractivity contribution in [1.82, 2.24) is 0 Å². The fraction of sp³-hybridized carbons (Fsp3) is 0.263. The first kappa shape index (κ1) is 16.1. The maximum Gasteiger partial charge on any atom is 0.327 e. The third kappa shape index (κ3) is 3.11. The van der Waals surface area contributed by atoms with Crippen LogP contribution in [0.25, 0.3) is 0 Å². The molecule has 0 saturated carbocycles. The molecule has 0 saturated heterocycles. The molecule has 5 nitrogen and oxygen atoms in total. The van der Waals surface area contributed by atoms with Crippen LogP contribution in [-0.2, 0) is 4.79 Å². The molecule has 3 rings (SSSR count). The van der Waals surface area contributed by atoms with Gasteiger partial charge in [0.2, 0.25) is 5.91 Å². The van der Waals surface area contributed by atoms with E-state index in [0.29, 0.717) is 12.1 Å². The molecule has 0 radical (unpaired) electrons. The summed E-state index contributed by atoms with van der Waals surface area (Å²) < 4.78 is 0. The monoisotopic (exact) mass is 323 g/mol. The van der Waals surface area contributed by atoms with Gasteiger partial charge in [-0.05, 0) is 43.2 Å². The topological polar surface area (TPSA) is 61.4 Å². The molecule has 0 aromatic heterocycles. The number of nitrogens with zero attached hydrogens (tertiary/aromatic N) is 1. The zero-order chi connectivity index (χ0) is 17.1. The Hall–Kier alpha value is -2.82. The lowest BCUT2D eigenvalue weighted by atomic mass is 10.0. The Kier molecular flexibility index (Phi) is 4.51. The molecule has 3 amide bonds. The van der Waals surface area contributed by atoms with Gasteiger partial charge in [0.1, 0.15) is 6.04 Å². The van der Waals surface area contributed by atoms with Crippen LogP contribution in [0.3, 0.4) is 0 Å². The fourth-order valence-electron chi connectivity index (χ4n) is 2.98. The molecule has 124 valence electrons. The quantitative estimate of drug-likeness (QED) is 0.891. The molecule has 2 aromatic rings. The molecule has 1 aliphatic heterocycles. The highest BCUT2D eigenvalue weighted by atomic mass is 16.2. The summed E-state index contributed by atoms with van der Waals surface area (Å²) in [5, 5.41) is 5.80. The van der Waals surface area contributed by atoms with Gasteiger partial charge in [0.25, 0.3) is 0 Å². The minimum Gasteiger partial charge on any atom is -0.322 e. The van der Waals surface area contributed by atoms with Gasteiger partial charge in [-0.2, -0.15) is 0 Å². The third-order valence-electron chi connectivity index (χ3n) is 4.09. The van der Waals surface area contributed by atoms with Crippen molar-refractivity contribution in [2.45, 2.75) is 32.7 Å². The molecule has 0 aliphatic carbocycles. The number of fused-ring (bicyclic) bond motifs is 1. The Bertz CT molecular complexity index is 773. The predicted octanol–water partition coefficient (Wildman–Crippen LogP) is 4.15. The van der Waals surface area contributed by atoms with Crippen LogP contribution in [0.2, 0.25) is 0 Å². The van der Waals surface area contributed by atoms with Crippen molar-refractivity contribution in [3.63, 3.8) is 0 Å². The second-order valence-electron chi connectivity index (χ2n) is 5.98. The maximum absolute atomic E-state index is 12.9. The van der Waals surface area contributed by atoms with Crippen molar-refractivity contribution in [2.24, 2.45) is 0 Å². The van der Waals surface area contributed by atoms with E-state index in [9.17, 15) is 9.59 Å². The largest absolute Gasteiger partial charge is 0.327 e. The maximum atomic E-state index is 12.9. The highest BCUT2D eigenvalue weighted by Crippen LogP contribution is 2.33. The van der Waals surface area contributed by atoms with Gasteiger partial charge in [-0.15, -0.1) is 0 Å². The summed E-state index contributed by atoms with van der Waals surface area (Å²) >= 11 is 0. The van der Waals surface area contributed by atoms with Crippen molar-refractivity contribution < 1.29 is 9.59 Å². The molecular weight excluding hydrogens is 302 g/mol. The van der Waals surface area contributed by atoms with Gasteiger partial charge < -0.3 is 10.6 Å². The van der Waals surface area contributed by atoms with E-state index in [4.69, 9.17) is 0 Å². The lowest BCUT2D eigenvalue weighted by Crippen LogP contribution is -2.52. The van der Waals surface area contributed by atoms with Crippen LogP contribution in [0.1, 0.15) is 25.3 Å². The zero-order valence-corrected chi connectivity index (χ0v) is 13.9. The molecule has 0 bridgehead atoms. The van der Waals surface area contributed by atoms with Gasteiger partial charge in [-0.1, -0.05) is 37.6 Å². The van der Waals surface area contributed by atoms with Gasteiger partial charge in [0.05, 0.1) is 11.4 Å². The Balaban J connectivity index is 1.95. The highest BCUT2D eigenvalue weighted by molar-refractivity contribution is 6.14. The number of benzene rings is 2. The number of para-hydroxylation sites is 2. The van der Waals surface area contributed by atoms with E-state index in [-0.39, 0.29) is 11.9 Å². The second kappa shape index (κ2) is 6.74. The van der Waals surface area contributed by atoms with Gasteiger partial charge in [0.15, 0.2) is 0 Å². The molecule has 0 fully saturated rings. The van der Waals surface area contributed by atoms with E-state index >= 15 is 0 Å². The molecule has 0 spiro atoms. The van der Waals surface area contributed by atoms with Gasteiger partial charge in [-0.25, -0.2) is 4.79 Å². The standard InChI is InChI=1S/C19H21N3O2/c1-3-7-17-18(23)21-15-10-4-5-11-16(15)22(17)19(24)20-14-9-6-8-13(2)12-14/h4-6,8-12,17H,3,7H2,1-2H3,(H,20,24)(H,21,23). The van der Waals surface area contributed by atoms with Crippen molar-refractivity contribution in [2.75, 3.05) is 15.5 Å². The molecule has 1 heterocycles. The minimum atomic E-state index is -0.505. The van der Waals surface area contributed by atoms with E-state index < -0.39 is 6.04 Å². The Labute approximate surface area is 141 Å². The summed E-state index contributed by atoms with van der Waals surface area (Å²) in [6, 6.07) is 14.2. The molecule has 2 N–H and O–H groups in total. The molecule has 5 heteroatoms. The molecular formula is C19H21N3O2. The van der Waals surface area contributed by atoms with Gasteiger partial charge >= 0.3 is 6.03 Å². The molecule has 1 unspecified atom stereocenters. The van der Waals surface area contributed by atoms with Crippen LogP contribution < -0.4 is 15.5 Å². The van der Waals surface area contributed by atoms with E-state index in [2.05, 4.69) is 10.6 Å². The summed E-state index contributed by atoms with van der Waals surface area (Å²) in [5.41, 5.74) is 3.17. The lowest BCUT2D eigenvalue weighted by molar-refractivity contribution is -0.117. The number of carbonyl (C=O) groups is 2. The number of carbonyl (C=O) groups excluding carboxylic acids is 2. The van der Waals surface area contributed by atoms with Crippen molar-refractivity contribution >= 4 is 29.0 Å². The van der Waals surface area contributed by atoms with Crippen LogP contribution in [0.4, 0.5) is 21.9 Å². The van der Waals surface area contributed by atoms with E-state index in [1.165, 1.54) is 0 Å². The van der Waals surface area contributed by atoms with E-state index in [1.54, 1.807) is 4.90 Å². The van der Waals surface area contributed by atoms with Gasteiger partial charge in [-0.3, -0.25) is 9.69 Å². The second-order valence-corrected chi connectivity index (χ2v) is 5.98. The number of hydrogen-bond donors (Lipinski definition) is 2. The minimum absolute atomic E-state index is 0.144. The van der Waals surface area contributed by atoms with E-state index in [1.807, 2.05) is 62.4 Å². The van der Waals surface area contributed by atoms with Crippen LogP contribution >= 0.6 is 0 Å². The van der Waals surface area contributed by atoms with Crippen LogP contribution in [0.5, 0.6) is 0 Å². The number of urea groups is 1. The molecule has 1 aliphatic rings. The first-order valence-corrected chi connectivity index (χ1v) is 8.17. The number of amides is 3. The average molecular weight is 323 g/mol. The molecule has 1 atom stereocenters. The number of nitrogens with one attached hydrogen (secondary N) is 2. The smallest absolute Gasteiger partial charge is 0.322 e. The van der Waals surface area contributed by atoms with Crippen LogP contribution in [0.15, 0.2) is 48.5 Å². The number of aryl methyl sites for hydroxylation is 1. The van der Waals surface area contributed by atoms with Crippen molar-refractivity contribution in [3.05, 3.63) is 54.1 Å². The first-order valence-electron chi connectivity index (χ1n) is 8.17. The molecule has 24 heavy (non-hydrogen) atoms. The van der Waals surface area contributed by atoms with Crippen LogP contribution in [0, 0.1) is 6.92 Å². The van der Waals surface area contributed by atoms with E-state index in [0.717, 1.165) is 23.4 Å². The number of hydrogen-bond acceptors (Lipinski definition) is 2. The van der Waals surface area contributed by atoms with Crippen LogP contribution in [-0.4, -0.2) is 18.0 Å². The summed E-state index contributed by atoms with van der Waals surface area (Å²) in [6.07, 6.45) is 1.43. The zero-order valence-electron chi connectivity index (χ0n) is 13.9. The average Bonchev–Trinajstić information content (AvgIpc) is 2.55. The highest BCUT2D eigenvalue weighted by Gasteiger charge is 2.36. The number of rotatable bonds is 3. The first-order chi connectivity index (χ1) is 11.6. The summed E-state index contributed by atoms with van der Waals surface area (Å²) in [4.78, 5) is 26.9. The lowest BCUT2D eigenvalue weighted by Gasteiger charge is -2.36. The van der Waals surface area contributed by atoms with Crippen molar-refractivity contribution in [1.29, 1.82) is 0 Å². The normalized spacial score (nSPS) is 16.3. The SMILES string of the molecule is CCCC1C(=O)Nc2ccccc2N1C(=O)Nc1cccc(C)c1. The predicted molar refractivity (Wildman–Crippen MR) is 96.4 cm³/mol. The Morgan fingerprint density at radius 2 is 2.00 bits per heavy atom.